The average Bonchev–Trinajstić information content (AvgIpc) is 2.63. The molecule has 2 aromatic rings. The Labute approximate surface area is 148 Å². The van der Waals surface area contributed by atoms with Crippen LogP contribution in [0.4, 0.5) is 4.79 Å². The van der Waals surface area contributed by atoms with Gasteiger partial charge in [0, 0.05) is 24.1 Å². The van der Waals surface area contributed by atoms with E-state index in [1.54, 1.807) is 0 Å². The van der Waals surface area contributed by atoms with Crippen molar-refractivity contribution in [3.05, 3.63) is 71.8 Å². The molecule has 2 aromatic carbocycles. The van der Waals surface area contributed by atoms with Gasteiger partial charge in [-0.1, -0.05) is 74.5 Å². The highest BCUT2D eigenvalue weighted by atomic mass is 16.2. The molecule has 25 heavy (non-hydrogen) atoms. The summed E-state index contributed by atoms with van der Waals surface area (Å²) in [6.45, 7) is 4.26. The zero-order chi connectivity index (χ0) is 18.2. The van der Waals surface area contributed by atoms with E-state index in [4.69, 9.17) is 0 Å². The maximum atomic E-state index is 12.7. The molecule has 0 saturated heterocycles. The first kappa shape index (κ1) is 18.7. The summed E-state index contributed by atoms with van der Waals surface area (Å²) in [6, 6.07) is 18.7. The van der Waals surface area contributed by atoms with Crippen LogP contribution in [-0.4, -0.2) is 19.0 Å². The normalized spacial score (nSPS) is 13.1. The highest BCUT2D eigenvalue weighted by molar-refractivity contribution is 5.96. The number of hydrogen-bond acceptors (Lipinski definition) is 2. The van der Waals surface area contributed by atoms with E-state index in [0.29, 0.717) is 5.92 Å². The standard InChI is InChI=1S/C20H25N3O2/c1-14(2)17(15-10-6-4-7-11-15)22-18(16-12-8-5-9-13-16)19(24)23-20(25)21-3/h4-14,17-18,22H,1-3H3,(H2,21,23,24,25)/p+1/t17-,18-/m1/s1. The van der Waals surface area contributed by atoms with Gasteiger partial charge in [0.05, 0.1) is 0 Å². The van der Waals surface area contributed by atoms with Crippen molar-refractivity contribution in [2.24, 2.45) is 5.92 Å². The van der Waals surface area contributed by atoms with E-state index < -0.39 is 12.1 Å². The summed E-state index contributed by atoms with van der Waals surface area (Å²) in [5.74, 6) is -0.00598. The van der Waals surface area contributed by atoms with Crippen molar-refractivity contribution in [1.82, 2.24) is 10.6 Å². The molecule has 0 radical (unpaired) electrons. The van der Waals surface area contributed by atoms with Gasteiger partial charge in [-0.05, 0) is 0 Å². The second-order valence-corrected chi connectivity index (χ2v) is 6.33. The van der Waals surface area contributed by atoms with Crippen LogP contribution in [0.25, 0.3) is 0 Å². The SMILES string of the molecule is CNC(=O)NC(=O)[C@H]([NH2+][C@@H](c1ccccc1)C(C)C)c1ccccc1. The minimum Gasteiger partial charge on any atom is -0.341 e. The molecule has 0 aliphatic carbocycles. The number of carbonyl (C=O) groups is 2. The van der Waals surface area contributed by atoms with Gasteiger partial charge in [-0.25, -0.2) is 4.79 Å². The van der Waals surface area contributed by atoms with Gasteiger partial charge in [0.1, 0.15) is 6.04 Å². The number of imide groups is 1. The fourth-order valence-electron chi connectivity index (χ4n) is 2.86. The monoisotopic (exact) mass is 340 g/mol. The second-order valence-electron chi connectivity index (χ2n) is 6.33. The van der Waals surface area contributed by atoms with E-state index in [-0.39, 0.29) is 11.9 Å². The van der Waals surface area contributed by atoms with Gasteiger partial charge in [0.2, 0.25) is 0 Å². The fraction of sp³-hybridized carbons (Fsp3) is 0.300. The quantitative estimate of drug-likeness (QED) is 0.754. The molecule has 0 saturated carbocycles. The van der Waals surface area contributed by atoms with E-state index in [2.05, 4.69) is 36.6 Å². The van der Waals surface area contributed by atoms with E-state index in [0.717, 1.165) is 11.1 Å². The molecule has 0 aliphatic rings. The molecule has 0 unspecified atom stereocenters. The van der Waals surface area contributed by atoms with Crippen molar-refractivity contribution in [1.29, 1.82) is 0 Å². The Morgan fingerprint density at radius 1 is 0.880 bits per heavy atom. The smallest absolute Gasteiger partial charge is 0.321 e. The first-order chi connectivity index (χ1) is 12.0. The van der Waals surface area contributed by atoms with Gasteiger partial charge < -0.3 is 10.6 Å². The Bertz CT molecular complexity index is 687. The molecule has 4 N–H and O–H groups in total. The fourth-order valence-corrected chi connectivity index (χ4v) is 2.86. The Hall–Kier alpha value is -2.66. The highest BCUT2D eigenvalue weighted by Gasteiger charge is 2.31. The lowest BCUT2D eigenvalue weighted by atomic mass is 9.94. The number of rotatable bonds is 6. The predicted octanol–water partition coefficient (Wildman–Crippen LogP) is 2.14. The van der Waals surface area contributed by atoms with Crippen LogP contribution in [0.3, 0.4) is 0 Å². The summed E-state index contributed by atoms with van der Waals surface area (Å²) in [5, 5.41) is 6.86. The maximum absolute atomic E-state index is 12.7. The summed E-state index contributed by atoms with van der Waals surface area (Å²) in [5.41, 5.74) is 2.02. The Morgan fingerprint density at radius 2 is 1.40 bits per heavy atom. The zero-order valence-corrected chi connectivity index (χ0v) is 14.9. The molecule has 5 heteroatoms. The number of hydrogen-bond donors (Lipinski definition) is 3. The van der Waals surface area contributed by atoms with Crippen LogP contribution in [0, 0.1) is 5.92 Å². The molecular weight excluding hydrogens is 314 g/mol. The Morgan fingerprint density at radius 3 is 1.88 bits per heavy atom. The van der Waals surface area contributed by atoms with Crippen LogP contribution >= 0.6 is 0 Å². The molecule has 3 amide bonds. The first-order valence-electron chi connectivity index (χ1n) is 8.50. The first-order valence-corrected chi connectivity index (χ1v) is 8.50. The van der Waals surface area contributed by atoms with E-state index in [9.17, 15) is 9.59 Å². The molecule has 2 atom stereocenters. The molecule has 0 spiro atoms. The molecule has 0 fully saturated rings. The number of benzene rings is 2. The highest BCUT2D eigenvalue weighted by Crippen LogP contribution is 2.19. The topological polar surface area (TPSA) is 74.8 Å². The van der Waals surface area contributed by atoms with Crippen LogP contribution in [0.5, 0.6) is 0 Å². The number of urea groups is 1. The lowest BCUT2D eigenvalue weighted by Crippen LogP contribution is -2.89. The van der Waals surface area contributed by atoms with Crippen molar-refractivity contribution < 1.29 is 14.9 Å². The largest absolute Gasteiger partial charge is 0.341 e. The summed E-state index contributed by atoms with van der Waals surface area (Å²) in [7, 11) is 1.49. The molecule has 5 nitrogen and oxygen atoms in total. The van der Waals surface area contributed by atoms with Gasteiger partial charge in [-0.2, -0.15) is 0 Å². The summed E-state index contributed by atoms with van der Waals surface area (Å²) in [6.07, 6.45) is 0. The molecule has 2 rings (SSSR count). The number of nitrogens with two attached hydrogens (primary N) is 1. The Kier molecular flexibility index (Phi) is 6.71. The molecule has 0 heterocycles. The molecular formula is C20H26N3O2+. The van der Waals surface area contributed by atoms with Gasteiger partial charge in [-0.3, -0.25) is 10.1 Å². The predicted molar refractivity (Wildman–Crippen MR) is 97.7 cm³/mol. The summed E-state index contributed by atoms with van der Waals surface area (Å²) in [4.78, 5) is 24.3. The lowest BCUT2D eigenvalue weighted by molar-refractivity contribution is -0.728. The molecule has 0 aliphatic heterocycles. The molecule has 0 bridgehead atoms. The van der Waals surface area contributed by atoms with Crippen LogP contribution < -0.4 is 16.0 Å². The maximum Gasteiger partial charge on any atom is 0.321 e. The Balaban J connectivity index is 2.31. The van der Waals surface area contributed by atoms with Crippen molar-refractivity contribution in [3.8, 4) is 0 Å². The van der Waals surface area contributed by atoms with Gasteiger partial charge in [0.15, 0.2) is 6.04 Å². The van der Waals surface area contributed by atoms with Crippen LogP contribution in [-0.2, 0) is 4.79 Å². The van der Waals surface area contributed by atoms with E-state index in [1.165, 1.54) is 7.05 Å². The van der Waals surface area contributed by atoms with Crippen molar-refractivity contribution >= 4 is 11.9 Å². The van der Waals surface area contributed by atoms with E-state index >= 15 is 0 Å². The number of carbonyl (C=O) groups excluding carboxylic acids is 2. The average molecular weight is 340 g/mol. The second kappa shape index (κ2) is 8.99. The van der Waals surface area contributed by atoms with Crippen LogP contribution in [0.15, 0.2) is 60.7 Å². The summed E-state index contributed by atoms with van der Waals surface area (Å²) < 4.78 is 0. The third-order valence-electron chi connectivity index (χ3n) is 4.21. The minimum atomic E-state index is -0.508. The number of nitrogens with one attached hydrogen (secondary N) is 2. The number of amides is 3. The van der Waals surface area contributed by atoms with Gasteiger partial charge in [0.25, 0.3) is 5.91 Å². The van der Waals surface area contributed by atoms with Crippen molar-refractivity contribution in [2.45, 2.75) is 25.9 Å². The molecule has 0 aromatic heterocycles. The third-order valence-corrected chi connectivity index (χ3v) is 4.21. The minimum absolute atomic E-state index is 0.0989. The zero-order valence-electron chi connectivity index (χ0n) is 14.9. The summed E-state index contributed by atoms with van der Waals surface area (Å²) >= 11 is 0. The van der Waals surface area contributed by atoms with Gasteiger partial charge in [-0.15, -0.1) is 0 Å². The molecule has 132 valence electrons. The van der Waals surface area contributed by atoms with Crippen LogP contribution in [0.2, 0.25) is 0 Å². The van der Waals surface area contributed by atoms with Crippen LogP contribution in [0.1, 0.15) is 37.1 Å². The lowest BCUT2D eigenvalue weighted by Gasteiger charge is -2.25. The van der Waals surface area contributed by atoms with Crippen molar-refractivity contribution in [2.75, 3.05) is 7.05 Å². The number of quaternary nitrogens is 1. The third kappa shape index (κ3) is 5.16. The van der Waals surface area contributed by atoms with E-state index in [1.807, 2.05) is 53.8 Å². The van der Waals surface area contributed by atoms with Crippen molar-refractivity contribution in [3.63, 3.8) is 0 Å². The van der Waals surface area contributed by atoms with Gasteiger partial charge >= 0.3 is 6.03 Å².